The van der Waals surface area contributed by atoms with Crippen LogP contribution in [0.15, 0.2) is 42.5 Å². The molecule has 0 radical (unpaired) electrons. The van der Waals surface area contributed by atoms with E-state index in [1.807, 2.05) is 32.0 Å². The lowest BCUT2D eigenvalue weighted by atomic mass is 10.1. The lowest BCUT2D eigenvalue weighted by Gasteiger charge is -2.15. The maximum atomic E-state index is 12.9. The summed E-state index contributed by atoms with van der Waals surface area (Å²) in [6, 6.07) is 12.1. The summed E-state index contributed by atoms with van der Waals surface area (Å²) >= 11 is 0. The van der Waals surface area contributed by atoms with Gasteiger partial charge in [0.25, 0.3) is 0 Å². The number of hydrogen-bond donors (Lipinski definition) is 1. The average molecular weight is 260 g/mol. The molecule has 1 aromatic carbocycles. The highest BCUT2D eigenvalue weighted by molar-refractivity contribution is 5.40. The van der Waals surface area contributed by atoms with Crippen LogP contribution in [0, 0.1) is 5.82 Å². The SMILES string of the molecule is CCOc1cccc(NC(C)c2ccc(F)cc2)n1. The molecular formula is C15H17FN2O. The second-order valence-electron chi connectivity index (χ2n) is 4.21. The Morgan fingerprint density at radius 3 is 2.63 bits per heavy atom. The third-order valence-electron chi connectivity index (χ3n) is 2.75. The first kappa shape index (κ1) is 13.3. The number of nitrogens with zero attached hydrogens (tertiary/aromatic N) is 1. The molecule has 1 N–H and O–H groups in total. The number of pyridine rings is 1. The van der Waals surface area contributed by atoms with Crippen molar-refractivity contribution in [2.24, 2.45) is 0 Å². The van der Waals surface area contributed by atoms with Crippen molar-refractivity contribution in [3.8, 4) is 5.88 Å². The average Bonchev–Trinajstić information content (AvgIpc) is 2.40. The lowest BCUT2D eigenvalue weighted by molar-refractivity contribution is 0.327. The zero-order valence-electron chi connectivity index (χ0n) is 11.1. The van der Waals surface area contributed by atoms with Crippen LogP contribution in [0.2, 0.25) is 0 Å². The van der Waals surface area contributed by atoms with Gasteiger partial charge < -0.3 is 10.1 Å². The number of halogens is 1. The van der Waals surface area contributed by atoms with Crippen molar-refractivity contribution in [1.82, 2.24) is 4.98 Å². The zero-order chi connectivity index (χ0) is 13.7. The number of anilines is 1. The van der Waals surface area contributed by atoms with E-state index in [-0.39, 0.29) is 11.9 Å². The molecule has 100 valence electrons. The van der Waals surface area contributed by atoms with Gasteiger partial charge in [-0.15, -0.1) is 0 Å². The zero-order valence-corrected chi connectivity index (χ0v) is 11.1. The van der Waals surface area contributed by atoms with Gasteiger partial charge in [0.15, 0.2) is 0 Å². The van der Waals surface area contributed by atoms with E-state index in [2.05, 4.69) is 10.3 Å². The van der Waals surface area contributed by atoms with Crippen LogP contribution in [0.3, 0.4) is 0 Å². The van der Waals surface area contributed by atoms with Gasteiger partial charge in [-0.1, -0.05) is 18.2 Å². The molecule has 1 aromatic heterocycles. The van der Waals surface area contributed by atoms with Crippen LogP contribution in [0.4, 0.5) is 10.2 Å². The molecular weight excluding hydrogens is 243 g/mol. The highest BCUT2D eigenvalue weighted by Crippen LogP contribution is 2.19. The number of hydrogen-bond acceptors (Lipinski definition) is 3. The molecule has 2 rings (SSSR count). The molecule has 19 heavy (non-hydrogen) atoms. The summed E-state index contributed by atoms with van der Waals surface area (Å²) in [4.78, 5) is 4.34. The largest absolute Gasteiger partial charge is 0.478 e. The van der Waals surface area contributed by atoms with Gasteiger partial charge in [-0.3, -0.25) is 0 Å². The van der Waals surface area contributed by atoms with Crippen molar-refractivity contribution in [3.63, 3.8) is 0 Å². The van der Waals surface area contributed by atoms with E-state index >= 15 is 0 Å². The highest BCUT2D eigenvalue weighted by Gasteiger charge is 2.06. The first-order chi connectivity index (χ1) is 9.19. The van der Waals surface area contributed by atoms with Gasteiger partial charge in [-0.05, 0) is 37.6 Å². The third-order valence-corrected chi connectivity index (χ3v) is 2.75. The van der Waals surface area contributed by atoms with Gasteiger partial charge in [0.2, 0.25) is 5.88 Å². The normalized spacial score (nSPS) is 11.9. The summed E-state index contributed by atoms with van der Waals surface area (Å²) in [5.41, 5.74) is 1.00. The van der Waals surface area contributed by atoms with Gasteiger partial charge in [-0.25, -0.2) is 4.39 Å². The molecule has 0 fully saturated rings. The molecule has 2 aromatic rings. The van der Waals surface area contributed by atoms with E-state index in [4.69, 9.17) is 4.74 Å². The summed E-state index contributed by atoms with van der Waals surface area (Å²) in [6.07, 6.45) is 0. The number of ether oxygens (including phenoxy) is 1. The molecule has 4 heteroatoms. The smallest absolute Gasteiger partial charge is 0.215 e. The minimum Gasteiger partial charge on any atom is -0.478 e. The quantitative estimate of drug-likeness (QED) is 0.888. The first-order valence-corrected chi connectivity index (χ1v) is 6.31. The van der Waals surface area contributed by atoms with Crippen LogP contribution in [-0.2, 0) is 0 Å². The molecule has 0 saturated carbocycles. The Morgan fingerprint density at radius 2 is 1.95 bits per heavy atom. The van der Waals surface area contributed by atoms with Crippen molar-refractivity contribution in [3.05, 3.63) is 53.8 Å². The minimum atomic E-state index is -0.229. The fraction of sp³-hybridized carbons (Fsp3) is 0.267. The Kier molecular flexibility index (Phi) is 4.34. The van der Waals surface area contributed by atoms with Gasteiger partial charge in [0.05, 0.1) is 6.61 Å². The highest BCUT2D eigenvalue weighted by atomic mass is 19.1. The number of benzene rings is 1. The maximum absolute atomic E-state index is 12.9. The third kappa shape index (κ3) is 3.68. The first-order valence-electron chi connectivity index (χ1n) is 6.31. The van der Waals surface area contributed by atoms with Crippen molar-refractivity contribution < 1.29 is 9.13 Å². The predicted octanol–water partition coefficient (Wildman–Crippen LogP) is 3.79. The van der Waals surface area contributed by atoms with Crippen LogP contribution < -0.4 is 10.1 Å². The lowest BCUT2D eigenvalue weighted by Crippen LogP contribution is -2.08. The van der Waals surface area contributed by atoms with Gasteiger partial charge in [0, 0.05) is 12.1 Å². The van der Waals surface area contributed by atoms with Gasteiger partial charge >= 0.3 is 0 Å². The molecule has 0 spiro atoms. The van der Waals surface area contributed by atoms with Crippen molar-refractivity contribution in [2.75, 3.05) is 11.9 Å². The second-order valence-corrected chi connectivity index (χ2v) is 4.21. The van der Waals surface area contributed by atoms with Crippen molar-refractivity contribution in [2.45, 2.75) is 19.9 Å². The molecule has 3 nitrogen and oxygen atoms in total. The van der Waals surface area contributed by atoms with Crippen molar-refractivity contribution >= 4 is 5.82 Å². The van der Waals surface area contributed by atoms with E-state index < -0.39 is 0 Å². The van der Waals surface area contributed by atoms with Gasteiger partial charge in [-0.2, -0.15) is 4.98 Å². The maximum Gasteiger partial charge on any atom is 0.215 e. The number of aromatic nitrogens is 1. The Morgan fingerprint density at radius 1 is 1.21 bits per heavy atom. The standard InChI is InChI=1S/C15H17FN2O/c1-3-19-15-6-4-5-14(18-15)17-11(2)12-7-9-13(16)10-8-12/h4-11H,3H2,1-2H3,(H,17,18). The molecule has 0 aliphatic carbocycles. The Balaban J connectivity index is 2.07. The molecule has 0 aliphatic heterocycles. The molecule has 0 aliphatic rings. The molecule has 1 atom stereocenters. The number of rotatable bonds is 5. The minimum absolute atomic E-state index is 0.0463. The Labute approximate surface area is 112 Å². The van der Waals surface area contributed by atoms with Crippen LogP contribution in [0.1, 0.15) is 25.5 Å². The second kappa shape index (κ2) is 6.18. The molecule has 0 bridgehead atoms. The fourth-order valence-electron chi connectivity index (χ4n) is 1.78. The topological polar surface area (TPSA) is 34.1 Å². The predicted molar refractivity (Wildman–Crippen MR) is 73.8 cm³/mol. The molecule has 1 heterocycles. The van der Waals surface area contributed by atoms with E-state index in [9.17, 15) is 4.39 Å². The molecule has 0 amide bonds. The Hall–Kier alpha value is -2.10. The summed E-state index contributed by atoms with van der Waals surface area (Å²) in [6.45, 7) is 4.51. The molecule has 0 saturated heterocycles. The van der Waals surface area contributed by atoms with Crippen LogP contribution in [0.25, 0.3) is 0 Å². The van der Waals surface area contributed by atoms with E-state index in [0.29, 0.717) is 12.5 Å². The Bertz CT molecular complexity index is 528. The van der Waals surface area contributed by atoms with Gasteiger partial charge in [0.1, 0.15) is 11.6 Å². The summed E-state index contributed by atoms with van der Waals surface area (Å²) in [7, 11) is 0. The van der Waals surface area contributed by atoms with Crippen LogP contribution >= 0.6 is 0 Å². The summed E-state index contributed by atoms with van der Waals surface area (Å²) in [5, 5.41) is 3.26. The number of nitrogens with one attached hydrogen (secondary N) is 1. The van der Waals surface area contributed by atoms with Crippen LogP contribution in [-0.4, -0.2) is 11.6 Å². The van der Waals surface area contributed by atoms with E-state index in [0.717, 1.165) is 11.4 Å². The summed E-state index contributed by atoms with van der Waals surface area (Å²) in [5.74, 6) is 1.11. The van der Waals surface area contributed by atoms with E-state index in [1.54, 1.807) is 12.1 Å². The van der Waals surface area contributed by atoms with E-state index in [1.165, 1.54) is 12.1 Å². The molecule has 1 unspecified atom stereocenters. The monoisotopic (exact) mass is 260 g/mol. The summed E-state index contributed by atoms with van der Waals surface area (Å²) < 4.78 is 18.2. The fourth-order valence-corrected chi connectivity index (χ4v) is 1.78. The van der Waals surface area contributed by atoms with Crippen molar-refractivity contribution in [1.29, 1.82) is 0 Å². The van der Waals surface area contributed by atoms with Crippen LogP contribution in [0.5, 0.6) is 5.88 Å².